The Balaban J connectivity index is 4.03. The molecule has 0 heterocycles. The second-order valence-corrected chi connectivity index (χ2v) is 4.90. The summed E-state index contributed by atoms with van der Waals surface area (Å²) >= 11 is 0. The Hall–Kier alpha value is -0.880. The Morgan fingerprint density at radius 2 is 2.00 bits per heavy atom. The van der Waals surface area contributed by atoms with E-state index < -0.39 is 0 Å². The fraction of sp³-hybridized carbons (Fsp3) is 0.818. The number of carbonyl (C=O) groups excluding carboxylic acids is 1. The van der Waals surface area contributed by atoms with Crippen LogP contribution in [0.3, 0.4) is 0 Å². The largest absolute Gasteiger partial charge is 0.298 e. The summed E-state index contributed by atoms with van der Waals surface area (Å²) in [5.41, 5.74) is -0.288. The summed E-state index contributed by atoms with van der Waals surface area (Å²) in [6, 6.07) is 2.15. The Bertz CT molecular complexity index is 235. The minimum absolute atomic E-state index is 0.0206. The third-order valence-corrected chi connectivity index (χ3v) is 2.06. The molecular weight excluding hydrogens is 176 g/mol. The van der Waals surface area contributed by atoms with E-state index in [1.807, 2.05) is 39.6 Å². The average Bonchev–Trinajstić information content (AvgIpc) is 2.02. The van der Waals surface area contributed by atoms with Gasteiger partial charge in [-0.2, -0.15) is 5.26 Å². The quantitative estimate of drug-likeness (QED) is 0.687. The van der Waals surface area contributed by atoms with Gasteiger partial charge in [-0.15, -0.1) is 0 Å². The Morgan fingerprint density at radius 1 is 1.50 bits per heavy atom. The number of ketones is 1. The van der Waals surface area contributed by atoms with Crippen molar-refractivity contribution in [2.24, 2.45) is 11.3 Å². The fourth-order valence-electron chi connectivity index (χ4n) is 1.06. The zero-order valence-corrected chi connectivity index (χ0v) is 9.79. The summed E-state index contributed by atoms with van der Waals surface area (Å²) in [6.45, 7) is 8.68. The van der Waals surface area contributed by atoms with Crippen LogP contribution in [-0.4, -0.2) is 30.8 Å². The van der Waals surface area contributed by atoms with E-state index in [1.54, 1.807) is 0 Å². The lowest BCUT2D eigenvalue weighted by molar-refractivity contribution is -0.127. The average molecular weight is 196 g/mol. The second kappa shape index (κ2) is 5.11. The lowest BCUT2D eigenvalue weighted by Gasteiger charge is -2.22. The molecule has 0 aromatic carbocycles. The number of rotatable bonds is 4. The molecule has 0 aromatic rings. The van der Waals surface area contributed by atoms with Crippen molar-refractivity contribution in [1.29, 1.82) is 5.26 Å². The molecule has 0 saturated carbocycles. The van der Waals surface area contributed by atoms with E-state index in [0.717, 1.165) is 0 Å². The van der Waals surface area contributed by atoms with Crippen LogP contribution in [0.4, 0.5) is 0 Å². The molecule has 14 heavy (non-hydrogen) atoms. The van der Waals surface area contributed by atoms with E-state index in [0.29, 0.717) is 13.1 Å². The van der Waals surface area contributed by atoms with Crippen molar-refractivity contribution in [3.8, 4) is 6.07 Å². The number of nitrogens with zero attached hydrogens (tertiary/aromatic N) is 2. The zero-order chi connectivity index (χ0) is 11.4. The standard InChI is InChI=1S/C11H20N2O/c1-9(6-12)7-13(5)8-10(14)11(2,3)4/h9H,7-8H2,1-5H3. The molecule has 0 N–H and O–H groups in total. The van der Waals surface area contributed by atoms with Gasteiger partial charge in [0.25, 0.3) is 0 Å². The number of likely N-dealkylation sites (N-methyl/N-ethyl adjacent to an activating group) is 1. The lowest BCUT2D eigenvalue weighted by atomic mass is 9.90. The third kappa shape index (κ3) is 4.98. The summed E-state index contributed by atoms with van der Waals surface area (Å²) in [5.74, 6) is 0.193. The normalized spacial score (nSPS) is 13.8. The van der Waals surface area contributed by atoms with Crippen LogP contribution in [0.2, 0.25) is 0 Å². The number of hydrogen-bond acceptors (Lipinski definition) is 3. The molecule has 0 rings (SSSR count). The topological polar surface area (TPSA) is 44.1 Å². The number of nitriles is 1. The minimum atomic E-state index is -0.288. The lowest BCUT2D eigenvalue weighted by Crippen LogP contribution is -2.35. The van der Waals surface area contributed by atoms with Crippen LogP contribution in [0.5, 0.6) is 0 Å². The molecular formula is C11H20N2O. The second-order valence-electron chi connectivity index (χ2n) is 4.90. The molecule has 3 heteroatoms. The van der Waals surface area contributed by atoms with Gasteiger partial charge in [-0.25, -0.2) is 0 Å². The molecule has 3 nitrogen and oxygen atoms in total. The van der Waals surface area contributed by atoms with Crippen LogP contribution in [0.25, 0.3) is 0 Å². The molecule has 1 unspecified atom stereocenters. The predicted octanol–water partition coefficient (Wildman–Crippen LogP) is 1.69. The molecule has 1 atom stereocenters. The summed E-state index contributed by atoms with van der Waals surface area (Å²) in [4.78, 5) is 13.5. The number of hydrogen-bond donors (Lipinski definition) is 0. The monoisotopic (exact) mass is 196 g/mol. The first-order valence-electron chi connectivity index (χ1n) is 4.89. The number of carbonyl (C=O) groups is 1. The molecule has 0 radical (unpaired) electrons. The van der Waals surface area contributed by atoms with Crippen LogP contribution in [0, 0.1) is 22.7 Å². The van der Waals surface area contributed by atoms with Crippen LogP contribution < -0.4 is 0 Å². The minimum Gasteiger partial charge on any atom is -0.298 e. The highest BCUT2D eigenvalue weighted by molar-refractivity contribution is 5.85. The molecule has 0 aliphatic carbocycles. The SMILES string of the molecule is CC(C#N)CN(C)CC(=O)C(C)(C)C. The van der Waals surface area contributed by atoms with Gasteiger partial charge in [0.15, 0.2) is 5.78 Å². The molecule has 0 amide bonds. The van der Waals surface area contributed by atoms with Crippen LogP contribution in [0.15, 0.2) is 0 Å². The maximum absolute atomic E-state index is 11.6. The number of Topliss-reactive ketones (excluding diaryl/α,β-unsaturated/α-hetero) is 1. The first-order valence-corrected chi connectivity index (χ1v) is 4.89. The maximum Gasteiger partial charge on any atom is 0.152 e. The first kappa shape index (κ1) is 13.1. The third-order valence-electron chi connectivity index (χ3n) is 2.06. The van der Waals surface area contributed by atoms with E-state index >= 15 is 0 Å². The van der Waals surface area contributed by atoms with Gasteiger partial charge >= 0.3 is 0 Å². The molecule has 80 valence electrons. The van der Waals surface area contributed by atoms with Crippen LogP contribution >= 0.6 is 0 Å². The first-order chi connectivity index (χ1) is 6.27. The van der Waals surface area contributed by atoms with Gasteiger partial charge in [-0.3, -0.25) is 9.69 Å². The highest BCUT2D eigenvalue weighted by atomic mass is 16.1. The van der Waals surface area contributed by atoms with Crippen LogP contribution in [-0.2, 0) is 4.79 Å². The maximum atomic E-state index is 11.6. The zero-order valence-electron chi connectivity index (χ0n) is 9.79. The Morgan fingerprint density at radius 3 is 2.36 bits per heavy atom. The Labute approximate surface area is 86.7 Å². The van der Waals surface area contributed by atoms with Crippen molar-refractivity contribution in [1.82, 2.24) is 4.90 Å². The van der Waals surface area contributed by atoms with Crippen molar-refractivity contribution < 1.29 is 4.79 Å². The van der Waals surface area contributed by atoms with Crippen molar-refractivity contribution in [2.45, 2.75) is 27.7 Å². The molecule has 0 spiro atoms. The molecule has 0 bridgehead atoms. The van der Waals surface area contributed by atoms with Gasteiger partial charge < -0.3 is 0 Å². The van der Waals surface area contributed by atoms with Crippen LogP contribution in [0.1, 0.15) is 27.7 Å². The van der Waals surface area contributed by atoms with Gasteiger partial charge in [0.05, 0.1) is 18.5 Å². The van der Waals surface area contributed by atoms with E-state index in [4.69, 9.17) is 5.26 Å². The molecule has 0 fully saturated rings. The molecule has 0 aliphatic heterocycles. The predicted molar refractivity (Wildman–Crippen MR) is 56.7 cm³/mol. The van der Waals surface area contributed by atoms with Crippen molar-refractivity contribution in [3.63, 3.8) is 0 Å². The van der Waals surface area contributed by atoms with Crippen molar-refractivity contribution in [3.05, 3.63) is 0 Å². The van der Waals surface area contributed by atoms with E-state index in [-0.39, 0.29) is 17.1 Å². The highest BCUT2D eigenvalue weighted by Crippen LogP contribution is 2.14. The van der Waals surface area contributed by atoms with Gasteiger partial charge in [-0.05, 0) is 14.0 Å². The van der Waals surface area contributed by atoms with Crippen molar-refractivity contribution >= 4 is 5.78 Å². The van der Waals surface area contributed by atoms with Gasteiger partial charge in [0.2, 0.25) is 0 Å². The van der Waals surface area contributed by atoms with Gasteiger partial charge in [0, 0.05) is 12.0 Å². The summed E-state index contributed by atoms with van der Waals surface area (Å²) < 4.78 is 0. The fourth-order valence-corrected chi connectivity index (χ4v) is 1.06. The van der Waals surface area contributed by atoms with E-state index in [2.05, 4.69) is 6.07 Å². The van der Waals surface area contributed by atoms with Crippen molar-refractivity contribution in [2.75, 3.05) is 20.1 Å². The summed E-state index contributed by atoms with van der Waals surface area (Å²) in [6.07, 6.45) is 0. The van der Waals surface area contributed by atoms with E-state index in [1.165, 1.54) is 0 Å². The smallest absolute Gasteiger partial charge is 0.152 e. The van der Waals surface area contributed by atoms with Gasteiger partial charge in [0.1, 0.15) is 0 Å². The van der Waals surface area contributed by atoms with Gasteiger partial charge in [-0.1, -0.05) is 20.8 Å². The highest BCUT2D eigenvalue weighted by Gasteiger charge is 2.22. The Kier molecular flexibility index (Phi) is 4.79. The summed E-state index contributed by atoms with van der Waals surface area (Å²) in [7, 11) is 1.87. The summed E-state index contributed by atoms with van der Waals surface area (Å²) in [5, 5.41) is 8.62. The molecule has 0 aliphatic rings. The molecule has 0 saturated heterocycles. The van der Waals surface area contributed by atoms with E-state index in [9.17, 15) is 4.79 Å². The molecule has 0 aromatic heterocycles.